The first kappa shape index (κ1) is 22.1. The molecule has 0 radical (unpaired) electrons. The second-order valence-corrected chi connectivity index (χ2v) is 10.6. The minimum absolute atomic E-state index is 0.00725. The van der Waals surface area contributed by atoms with Gasteiger partial charge in [0.15, 0.2) is 0 Å². The number of fused-ring (bicyclic) bond motifs is 5. The van der Waals surface area contributed by atoms with E-state index in [1.165, 1.54) is 33.8 Å². The molecule has 1 N–H and O–H groups in total. The lowest BCUT2D eigenvalue weighted by atomic mass is 9.95. The van der Waals surface area contributed by atoms with Crippen molar-refractivity contribution in [2.75, 3.05) is 13.7 Å². The Hall–Kier alpha value is -2.73. The number of nitrogens with one attached hydrogen (secondary N) is 1. The number of methoxy groups -OCH3 is 1. The fourth-order valence-corrected chi connectivity index (χ4v) is 6.50. The van der Waals surface area contributed by atoms with E-state index in [0.717, 1.165) is 36.3 Å². The summed E-state index contributed by atoms with van der Waals surface area (Å²) < 4.78 is 7.72. The molecule has 6 heteroatoms. The summed E-state index contributed by atoms with van der Waals surface area (Å²) in [6, 6.07) is 12.3. The molecule has 2 aromatic heterocycles. The summed E-state index contributed by atoms with van der Waals surface area (Å²) in [6.45, 7) is 5.70. The van der Waals surface area contributed by atoms with Gasteiger partial charge in [-0.15, -0.1) is 11.3 Å². The summed E-state index contributed by atoms with van der Waals surface area (Å²) in [4.78, 5) is 17.2. The van der Waals surface area contributed by atoms with Crippen molar-refractivity contribution in [3.05, 3.63) is 69.9 Å². The number of nitrogens with zero attached hydrogens (tertiary/aromatic N) is 2. The van der Waals surface area contributed by atoms with E-state index in [2.05, 4.69) is 54.2 Å². The number of ether oxygens (including phenoxy) is 1. The van der Waals surface area contributed by atoms with Crippen molar-refractivity contribution >= 4 is 17.4 Å². The Labute approximate surface area is 200 Å². The van der Waals surface area contributed by atoms with Crippen molar-refractivity contribution in [3.8, 4) is 10.8 Å². The van der Waals surface area contributed by atoms with Crippen LogP contribution in [0.15, 0.2) is 42.6 Å². The summed E-state index contributed by atoms with van der Waals surface area (Å²) in [5, 5.41) is 4.51. The number of thiophene rings is 1. The normalized spacial score (nSPS) is 17.2. The second-order valence-electron chi connectivity index (χ2n) is 9.52. The van der Waals surface area contributed by atoms with Crippen LogP contribution in [-0.2, 0) is 19.4 Å². The Morgan fingerprint density at radius 3 is 2.70 bits per heavy atom. The fraction of sp³-hybridized carbons (Fsp3) is 0.444. The largest absolute Gasteiger partial charge is 0.497 e. The number of amides is 2. The number of rotatable bonds is 5. The molecule has 0 fully saturated rings. The van der Waals surface area contributed by atoms with Crippen molar-refractivity contribution in [2.24, 2.45) is 5.92 Å². The summed E-state index contributed by atoms with van der Waals surface area (Å²) >= 11 is 1.92. The van der Waals surface area contributed by atoms with Gasteiger partial charge in [-0.3, -0.25) is 0 Å². The average Bonchev–Trinajstić information content (AvgIpc) is 3.41. The third-order valence-corrected chi connectivity index (χ3v) is 8.20. The number of aryl methyl sites for hydroxylation is 1. The third-order valence-electron chi connectivity index (χ3n) is 6.87. The highest BCUT2D eigenvalue weighted by molar-refractivity contribution is 7.15. The van der Waals surface area contributed by atoms with Gasteiger partial charge in [0.2, 0.25) is 0 Å². The van der Waals surface area contributed by atoms with Crippen molar-refractivity contribution in [1.29, 1.82) is 0 Å². The van der Waals surface area contributed by atoms with Gasteiger partial charge in [0, 0.05) is 23.2 Å². The molecule has 174 valence electrons. The number of aromatic nitrogens is 1. The van der Waals surface area contributed by atoms with Crippen LogP contribution in [-0.4, -0.2) is 29.2 Å². The highest BCUT2D eigenvalue weighted by atomic mass is 32.1. The molecular weight excluding hydrogens is 430 g/mol. The maximum absolute atomic E-state index is 13.7. The van der Waals surface area contributed by atoms with Gasteiger partial charge in [0.25, 0.3) is 0 Å². The molecule has 2 aliphatic rings. The predicted molar refractivity (Wildman–Crippen MR) is 134 cm³/mol. The molecule has 1 aliphatic carbocycles. The Balaban J connectivity index is 1.60. The van der Waals surface area contributed by atoms with E-state index in [1.807, 2.05) is 28.4 Å². The Morgan fingerprint density at radius 2 is 1.94 bits per heavy atom. The number of carbonyl (C=O) groups is 1. The molecule has 0 saturated carbocycles. The van der Waals surface area contributed by atoms with E-state index >= 15 is 0 Å². The highest BCUT2D eigenvalue weighted by Gasteiger charge is 2.35. The van der Waals surface area contributed by atoms with Gasteiger partial charge in [-0.1, -0.05) is 26.0 Å². The van der Waals surface area contributed by atoms with Crippen LogP contribution in [0.5, 0.6) is 5.75 Å². The molecule has 5 rings (SSSR count). The van der Waals surface area contributed by atoms with Crippen LogP contribution in [0.1, 0.15) is 66.4 Å². The van der Waals surface area contributed by atoms with E-state index in [1.54, 1.807) is 7.11 Å². The minimum Gasteiger partial charge on any atom is -0.497 e. The highest BCUT2D eigenvalue weighted by Crippen LogP contribution is 2.44. The van der Waals surface area contributed by atoms with Crippen LogP contribution in [0.25, 0.3) is 5.00 Å². The van der Waals surface area contributed by atoms with Gasteiger partial charge in [0.1, 0.15) is 10.8 Å². The molecule has 33 heavy (non-hydrogen) atoms. The first-order chi connectivity index (χ1) is 16.1. The van der Waals surface area contributed by atoms with E-state index in [0.29, 0.717) is 19.0 Å². The third kappa shape index (κ3) is 4.17. The molecule has 3 aromatic rings. The summed E-state index contributed by atoms with van der Waals surface area (Å²) in [5.41, 5.74) is 5.05. The van der Waals surface area contributed by atoms with Crippen molar-refractivity contribution in [2.45, 2.75) is 58.5 Å². The Bertz CT molecular complexity index is 1130. The Morgan fingerprint density at radius 1 is 1.15 bits per heavy atom. The number of hydrogen-bond donors (Lipinski definition) is 1. The fourth-order valence-electron chi connectivity index (χ4n) is 5.09. The van der Waals surface area contributed by atoms with Crippen molar-refractivity contribution in [3.63, 3.8) is 0 Å². The molecule has 5 nitrogen and oxygen atoms in total. The van der Waals surface area contributed by atoms with E-state index in [-0.39, 0.29) is 12.1 Å². The van der Waals surface area contributed by atoms with Crippen LogP contribution < -0.4 is 10.1 Å². The van der Waals surface area contributed by atoms with Gasteiger partial charge in [-0.05, 0) is 73.4 Å². The van der Waals surface area contributed by atoms with E-state index < -0.39 is 0 Å². The predicted octanol–water partition coefficient (Wildman–Crippen LogP) is 6.09. The topological polar surface area (TPSA) is 46.5 Å². The average molecular weight is 464 g/mol. The molecule has 0 saturated heterocycles. The van der Waals surface area contributed by atoms with Crippen LogP contribution in [0.2, 0.25) is 0 Å². The minimum atomic E-state index is -0.163. The lowest BCUT2D eigenvalue weighted by Crippen LogP contribution is -2.42. The molecule has 1 atom stereocenters. The van der Waals surface area contributed by atoms with Crippen LogP contribution in [0.3, 0.4) is 0 Å². The van der Waals surface area contributed by atoms with Crippen LogP contribution in [0, 0.1) is 5.92 Å². The summed E-state index contributed by atoms with van der Waals surface area (Å²) in [6.07, 6.45) is 7.91. The standard InChI is InChI=1S/C27H33N3O2S/c1-18(2)14-15-28-27(31)30-17-22-21-7-4-5-9-24(21)33-26(22)29-16-6-8-23(29)25(30)19-10-12-20(32-3)13-11-19/h6,8,10-13,16,18,25H,4-5,7,9,14-15,17H2,1-3H3,(H,28,31)/t25-/m1/s1. The van der Waals surface area contributed by atoms with Crippen LogP contribution >= 0.6 is 11.3 Å². The summed E-state index contributed by atoms with van der Waals surface area (Å²) in [5.74, 6) is 1.38. The van der Waals surface area contributed by atoms with Crippen LogP contribution in [0.4, 0.5) is 4.79 Å². The van der Waals surface area contributed by atoms with Crippen molar-refractivity contribution < 1.29 is 9.53 Å². The number of benzene rings is 1. The zero-order valence-electron chi connectivity index (χ0n) is 19.8. The first-order valence-corrected chi connectivity index (χ1v) is 12.9. The molecule has 1 aliphatic heterocycles. The SMILES string of the molecule is COc1ccc([C@@H]2c3cccn3-c3sc4c(c3CN2C(=O)NCCC(C)C)CCCC4)cc1. The second kappa shape index (κ2) is 9.26. The first-order valence-electron chi connectivity index (χ1n) is 12.1. The van der Waals surface area contributed by atoms with E-state index in [9.17, 15) is 4.79 Å². The molecule has 1 aromatic carbocycles. The molecule has 0 spiro atoms. The van der Waals surface area contributed by atoms with Gasteiger partial charge in [0.05, 0.1) is 25.4 Å². The summed E-state index contributed by atoms with van der Waals surface area (Å²) in [7, 11) is 1.68. The zero-order valence-corrected chi connectivity index (χ0v) is 20.6. The van der Waals surface area contributed by atoms with Gasteiger partial charge in [-0.2, -0.15) is 0 Å². The lowest BCUT2D eigenvalue weighted by Gasteiger charge is -2.31. The van der Waals surface area contributed by atoms with Gasteiger partial charge < -0.3 is 19.5 Å². The Kier molecular flexibility index (Phi) is 6.19. The maximum atomic E-state index is 13.7. The quantitative estimate of drug-likeness (QED) is 0.498. The van der Waals surface area contributed by atoms with Gasteiger partial charge >= 0.3 is 6.03 Å². The molecule has 2 amide bonds. The molecular formula is C27H33N3O2S. The molecule has 0 unspecified atom stereocenters. The number of hydrogen-bond acceptors (Lipinski definition) is 3. The lowest BCUT2D eigenvalue weighted by molar-refractivity contribution is 0.180. The van der Waals surface area contributed by atoms with E-state index in [4.69, 9.17) is 4.74 Å². The smallest absolute Gasteiger partial charge is 0.318 e. The number of urea groups is 1. The van der Waals surface area contributed by atoms with Gasteiger partial charge in [-0.25, -0.2) is 4.79 Å². The van der Waals surface area contributed by atoms with Crippen molar-refractivity contribution in [1.82, 2.24) is 14.8 Å². The zero-order chi connectivity index (χ0) is 22.9. The molecule has 0 bridgehead atoms. The monoisotopic (exact) mass is 463 g/mol. The number of carbonyl (C=O) groups excluding carboxylic acids is 1. The molecule has 3 heterocycles. The maximum Gasteiger partial charge on any atom is 0.318 e.